The second-order valence-corrected chi connectivity index (χ2v) is 9.14. The van der Waals surface area contributed by atoms with E-state index >= 15 is 0 Å². The van der Waals surface area contributed by atoms with E-state index in [-0.39, 0.29) is 11.2 Å². The normalized spacial score (nSPS) is 11.4. The monoisotopic (exact) mass is 477 g/mol. The van der Waals surface area contributed by atoms with Crippen molar-refractivity contribution in [3.05, 3.63) is 89.1 Å². The van der Waals surface area contributed by atoms with Crippen molar-refractivity contribution in [1.82, 2.24) is 9.55 Å². The average molecular weight is 478 g/mol. The number of aromatic nitrogens is 2. The van der Waals surface area contributed by atoms with Gasteiger partial charge in [-0.15, -0.1) is 0 Å². The number of benzene rings is 2. The van der Waals surface area contributed by atoms with Crippen molar-refractivity contribution in [1.29, 1.82) is 5.26 Å². The molecule has 1 heterocycles. The summed E-state index contributed by atoms with van der Waals surface area (Å²) in [5, 5.41) is 9.03. The molecule has 3 rings (SSSR count). The van der Waals surface area contributed by atoms with Crippen LogP contribution in [0.25, 0.3) is 0 Å². The minimum atomic E-state index is -0.676. The molecule has 0 saturated carbocycles. The largest absolute Gasteiger partial charge is 0.488 e. The Kier molecular flexibility index (Phi) is 8.61. The third-order valence-corrected chi connectivity index (χ3v) is 5.18. The number of primary amides is 1. The minimum absolute atomic E-state index is 0.0399. The molecule has 7 nitrogen and oxygen atoms in total. The Morgan fingerprint density at radius 1 is 1.20 bits per heavy atom. The molecule has 0 atom stereocenters. The van der Waals surface area contributed by atoms with Crippen LogP contribution < -0.4 is 10.5 Å². The van der Waals surface area contributed by atoms with Gasteiger partial charge in [-0.3, -0.25) is 4.57 Å². The summed E-state index contributed by atoms with van der Waals surface area (Å²) in [7, 11) is 0. The lowest BCUT2D eigenvalue weighted by atomic mass is 9.90. The number of amides is 1. The van der Waals surface area contributed by atoms with Crippen molar-refractivity contribution in [3.8, 4) is 11.8 Å². The van der Waals surface area contributed by atoms with Gasteiger partial charge < -0.3 is 15.2 Å². The van der Waals surface area contributed by atoms with Gasteiger partial charge in [0.15, 0.2) is 0 Å². The second kappa shape index (κ2) is 11.6. The van der Waals surface area contributed by atoms with Crippen molar-refractivity contribution in [2.75, 3.05) is 6.61 Å². The first-order valence-electron chi connectivity index (χ1n) is 11.4. The fraction of sp³-hybridized carbons (Fsp3) is 0.333. The summed E-state index contributed by atoms with van der Waals surface area (Å²) in [5.41, 5.74) is 7.25. The van der Waals surface area contributed by atoms with E-state index in [2.05, 4.69) is 4.98 Å². The Hall–Kier alpha value is -3.70. The number of hydrogen-bond acceptors (Lipinski definition) is 5. The molecular formula is C27H30FN4O3. The number of hydrogen-bond donors (Lipinski definition) is 1. The molecule has 0 fully saturated rings. The molecule has 0 spiro atoms. The van der Waals surface area contributed by atoms with Crippen LogP contribution in [0.5, 0.6) is 5.75 Å². The van der Waals surface area contributed by atoms with Crippen LogP contribution in [0, 0.1) is 23.1 Å². The molecule has 0 bridgehead atoms. The van der Waals surface area contributed by atoms with E-state index in [1.54, 1.807) is 6.07 Å². The highest BCUT2D eigenvalue weighted by molar-refractivity contribution is 5.76. The Labute approximate surface area is 205 Å². The predicted molar refractivity (Wildman–Crippen MR) is 130 cm³/mol. The summed E-state index contributed by atoms with van der Waals surface area (Å²) in [6, 6.07) is 13.4. The zero-order valence-corrected chi connectivity index (χ0v) is 20.3. The van der Waals surface area contributed by atoms with E-state index in [4.69, 9.17) is 20.5 Å². The number of imidazole rings is 1. The Bertz CT molecular complexity index is 1190. The van der Waals surface area contributed by atoms with Crippen molar-refractivity contribution >= 4 is 6.03 Å². The average Bonchev–Trinajstić information content (AvgIpc) is 3.27. The number of carbonyl (C=O) groups excluding carboxylic acids is 1. The number of halogens is 1. The summed E-state index contributed by atoms with van der Waals surface area (Å²) in [6.07, 6.45) is 4.89. The van der Waals surface area contributed by atoms with Crippen molar-refractivity contribution in [2.45, 2.75) is 52.2 Å². The van der Waals surface area contributed by atoms with Gasteiger partial charge in [0.2, 0.25) is 0 Å². The molecule has 3 aromatic rings. The summed E-state index contributed by atoms with van der Waals surface area (Å²) in [4.78, 5) is 15.8. The summed E-state index contributed by atoms with van der Waals surface area (Å²) in [5.74, 6) is 0.906. The van der Waals surface area contributed by atoms with Crippen molar-refractivity contribution in [2.24, 2.45) is 5.73 Å². The quantitative estimate of drug-likeness (QED) is 0.396. The molecule has 2 N–H and O–H groups in total. The van der Waals surface area contributed by atoms with Crippen LogP contribution in [0.3, 0.4) is 0 Å². The zero-order valence-electron chi connectivity index (χ0n) is 20.3. The SMILES string of the molecule is CC(C)(C)Oc1cccc(COCCCC[C](c2ccc(C#N)c(F)c2)c2cncn2C(N)=O)c1. The van der Waals surface area contributed by atoms with E-state index in [0.29, 0.717) is 30.9 Å². The molecule has 0 unspecified atom stereocenters. The van der Waals surface area contributed by atoms with Gasteiger partial charge in [-0.05, 0) is 75.4 Å². The maximum atomic E-state index is 14.3. The summed E-state index contributed by atoms with van der Waals surface area (Å²) >= 11 is 0. The topological polar surface area (TPSA) is 103 Å². The van der Waals surface area contributed by atoms with Crippen LogP contribution in [-0.2, 0) is 11.3 Å². The van der Waals surface area contributed by atoms with Crippen LogP contribution in [0.1, 0.15) is 62.4 Å². The highest BCUT2D eigenvalue weighted by Gasteiger charge is 2.22. The standard InChI is InChI=1S/C27H30FN4O3/c1-27(2,3)35-22-8-6-7-19(13-22)17-34-12-5-4-9-23(25-16-31-18-32(25)26(30)33)20-10-11-21(15-29)24(28)14-20/h6-8,10-11,13-14,16,18H,4-5,9,12,17H2,1-3H3,(H2,30,33). The van der Waals surface area contributed by atoms with Gasteiger partial charge in [0.1, 0.15) is 29.6 Å². The Morgan fingerprint density at radius 3 is 2.69 bits per heavy atom. The number of nitriles is 1. The van der Waals surface area contributed by atoms with Crippen molar-refractivity contribution < 1.29 is 18.7 Å². The first-order valence-corrected chi connectivity index (χ1v) is 11.4. The molecule has 8 heteroatoms. The number of nitrogens with two attached hydrogens (primary N) is 1. The lowest BCUT2D eigenvalue weighted by Crippen LogP contribution is -2.23. The van der Waals surface area contributed by atoms with Gasteiger partial charge in [-0.25, -0.2) is 14.2 Å². The summed E-state index contributed by atoms with van der Waals surface area (Å²) < 4.78 is 27.3. The molecule has 0 aliphatic heterocycles. The summed E-state index contributed by atoms with van der Waals surface area (Å²) in [6.45, 7) is 7.01. The number of carbonyl (C=O) groups is 1. The fourth-order valence-electron chi connectivity index (χ4n) is 3.66. The first-order chi connectivity index (χ1) is 16.7. The molecule has 0 saturated heterocycles. The maximum Gasteiger partial charge on any atom is 0.324 e. The van der Waals surface area contributed by atoms with Gasteiger partial charge in [0, 0.05) is 12.8 Å². The number of rotatable bonds is 10. The lowest BCUT2D eigenvalue weighted by Gasteiger charge is -2.21. The number of nitrogens with zero attached hydrogens (tertiary/aromatic N) is 3. The van der Waals surface area contributed by atoms with Gasteiger partial charge in [-0.2, -0.15) is 5.26 Å². The number of ether oxygens (including phenoxy) is 2. The van der Waals surface area contributed by atoms with Crippen LogP contribution in [0.2, 0.25) is 0 Å². The minimum Gasteiger partial charge on any atom is -0.488 e. The second-order valence-electron chi connectivity index (χ2n) is 9.14. The molecule has 35 heavy (non-hydrogen) atoms. The van der Waals surface area contributed by atoms with Crippen LogP contribution >= 0.6 is 0 Å². The van der Waals surface area contributed by atoms with Crippen LogP contribution in [0.15, 0.2) is 55.0 Å². The van der Waals surface area contributed by atoms with Crippen molar-refractivity contribution in [3.63, 3.8) is 0 Å². The predicted octanol–water partition coefficient (Wildman–Crippen LogP) is 5.36. The van der Waals surface area contributed by atoms with E-state index in [0.717, 1.165) is 30.1 Å². The highest BCUT2D eigenvalue weighted by atomic mass is 19.1. The van der Waals surface area contributed by atoms with Gasteiger partial charge >= 0.3 is 6.03 Å². The van der Waals surface area contributed by atoms with Gasteiger partial charge in [-0.1, -0.05) is 18.2 Å². The molecular weight excluding hydrogens is 447 g/mol. The van der Waals surface area contributed by atoms with Gasteiger partial charge in [0.05, 0.1) is 23.8 Å². The molecule has 2 aromatic carbocycles. The van der Waals surface area contributed by atoms with Gasteiger partial charge in [0.25, 0.3) is 0 Å². The third kappa shape index (κ3) is 7.39. The maximum absolute atomic E-state index is 14.3. The smallest absolute Gasteiger partial charge is 0.324 e. The number of unbranched alkanes of at least 4 members (excludes halogenated alkanes) is 1. The van der Waals surface area contributed by atoms with E-state index in [1.165, 1.54) is 29.2 Å². The van der Waals surface area contributed by atoms with E-state index < -0.39 is 11.8 Å². The molecule has 1 amide bonds. The highest BCUT2D eigenvalue weighted by Crippen LogP contribution is 2.30. The van der Waals surface area contributed by atoms with Crippen LogP contribution in [-0.4, -0.2) is 27.8 Å². The fourth-order valence-corrected chi connectivity index (χ4v) is 3.66. The molecule has 0 aliphatic rings. The lowest BCUT2D eigenvalue weighted by molar-refractivity contribution is 0.114. The molecule has 0 aliphatic carbocycles. The Balaban J connectivity index is 1.59. The zero-order chi connectivity index (χ0) is 25.4. The molecule has 1 aromatic heterocycles. The van der Waals surface area contributed by atoms with E-state index in [9.17, 15) is 9.18 Å². The third-order valence-electron chi connectivity index (χ3n) is 5.18. The molecule has 183 valence electrons. The Morgan fingerprint density at radius 2 is 2.00 bits per heavy atom. The van der Waals surface area contributed by atoms with E-state index in [1.807, 2.05) is 51.1 Å². The molecule has 1 radical (unpaired) electrons. The van der Waals surface area contributed by atoms with Crippen LogP contribution in [0.4, 0.5) is 9.18 Å². The first kappa shape index (κ1) is 25.9.